The summed E-state index contributed by atoms with van der Waals surface area (Å²) < 4.78 is 0. The molecule has 0 aliphatic rings. The van der Waals surface area contributed by atoms with Crippen molar-refractivity contribution in [1.29, 1.82) is 0 Å². The van der Waals surface area contributed by atoms with Crippen LogP contribution in [0, 0.1) is 6.92 Å². The molecule has 3 heteroatoms. The molecule has 0 aliphatic carbocycles. The Morgan fingerprint density at radius 2 is 1.61 bits per heavy atom. The third kappa shape index (κ3) is 2.57. The van der Waals surface area contributed by atoms with E-state index in [0.717, 1.165) is 33.5 Å². The van der Waals surface area contributed by atoms with Gasteiger partial charge in [-0.05, 0) is 49.4 Å². The van der Waals surface area contributed by atoms with Crippen LogP contribution in [-0.4, -0.2) is 15.0 Å². The molecule has 0 radical (unpaired) electrons. The molecule has 4 rings (SSSR count). The molecule has 0 atom stereocenters. The molecular weight excluding hydrogens is 282 g/mol. The lowest BCUT2D eigenvalue weighted by Gasteiger charge is -2.09. The first-order valence-electron chi connectivity index (χ1n) is 7.55. The molecule has 0 spiro atoms. The Bertz CT molecular complexity index is 992. The number of hydrogen-bond acceptors (Lipinski definition) is 3. The first-order chi connectivity index (χ1) is 11.3. The van der Waals surface area contributed by atoms with Gasteiger partial charge in [-0.2, -0.15) is 0 Å². The average molecular weight is 297 g/mol. The minimum Gasteiger partial charge on any atom is -0.256 e. The molecule has 0 amide bonds. The van der Waals surface area contributed by atoms with Crippen LogP contribution in [0.1, 0.15) is 5.56 Å². The monoisotopic (exact) mass is 297 g/mol. The predicted molar refractivity (Wildman–Crippen MR) is 92.9 cm³/mol. The van der Waals surface area contributed by atoms with Crippen molar-refractivity contribution >= 4 is 11.0 Å². The van der Waals surface area contributed by atoms with Gasteiger partial charge in [0.2, 0.25) is 0 Å². The molecule has 3 aromatic heterocycles. The van der Waals surface area contributed by atoms with E-state index in [0.29, 0.717) is 0 Å². The quantitative estimate of drug-likeness (QED) is 0.540. The maximum Gasteiger partial charge on any atom is 0.0894 e. The number of hydrogen-bond donors (Lipinski definition) is 0. The molecule has 0 saturated heterocycles. The Labute approximate surface area is 134 Å². The molecule has 0 unspecified atom stereocenters. The fraction of sp³-hybridized carbons (Fsp3) is 0.0500. The van der Waals surface area contributed by atoms with Crippen LogP contribution in [0.5, 0.6) is 0 Å². The summed E-state index contributed by atoms with van der Waals surface area (Å²) in [5, 5.41) is 0. The number of fused-ring (bicyclic) bond motifs is 1. The summed E-state index contributed by atoms with van der Waals surface area (Å²) >= 11 is 0. The van der Waals surface area contributed by atoms with Gasteiger partial charge in [0, 0.05) is 23.5 Å². The van der Waals surface area contributed by atoms with E-state index in [1.165, 1.54) is 5.56 Å². The van der Waals surface area contributed by atoms with Gasteiger partial charge in [-0.1, -0.05) is 23.8 Å². The molecule has 3 heterocycles. The van der Waals surface area contributed by atoms with E-state index in [1.807, 2.05) is 36.5 Å². The van der Waals surface area contributed by atoms with Crippen molar-refractivity contribution < 1.29 is 0 Å². The van der Waals surface area contributed by atoms with Crippen molar-refractivity contribution in [3.8, 4) is 22.5 Å². The third-order valence-corrected chi connectivity index (χ3v) is 3.83. The van der Waals surface area contributed by atoms with Crippen LogP contribution < -0.4 is 0 Å². The Morgan fingerprint density at radius 3 is 2.52 bits per heavy atom. The van der Waals surface area contributed by atoms with Crippen LogP contribution in [0.4, 0.5) is 0 Å². The Hall–Kier alpha value is -3.07. The van der Waals surface area contributed by atoms with E-state index in [-0.39, 0.29) is 0 Å². The predicted octanol–water partition coefficient (Wildman–Crippen LogP) is 4.67. The highest BCUT2D eigenvalue weighted by atomic mass is 14.8. The van der Waals surface area contributed by atoms with E-state index >= 15 is 0 Å². The normalized spacial score (nSPS) is 10.8. The van der Waals surface area contributed by atoms with E-state index in [2.05, 4.69) is 47.2 Å². The van der Waals surface area contributed by atoms with Crippen molar-refractivity contribution in [3.63, 3.8) is 0 Å². The highest BCUT2D eigenvalue weighted by molar-refractivity contribution is 5.83. The number of aromatic nitrogens is 3. The Kier molecular flexibility index (Phi) is 3.31. The summed E-state index contributed by atoms with van der Waals surface area (Å²) in [5.74, 6) is 0. The van der Waals surface area contributed by atoms with Crippen LogP contribution in [0.25, 0.3) is 33.5 Å². The van der Waals surface area contributed by atoms with Gasteiger partial charge in [0.05, 0.1) is 22.4 Å². The molecule has 0 N–H and O–H groups in total. The zero-order chi connectivity index (χ0) is 15.6. The summed E-state index contributed by atoms with van der Waals surface area (Å²) in [6, 6.07) is 20.3. The van der Waals surface area contributed by atoms with E-state index in [1.54, 1.807) is 6.20 Å². The van der Waals surface area contributed by atoms with Crippen molar-refractivity contribution in [2.75, 3.05) is 0 Å². The number of pyridine rings is 3. The van der Waals surface area contributed by atoms with Crippen LogP contribution >= 0.6 is 0 Å². The van der Waals surface area contributed by atoms with Gasteiger partial charge < -0.3 is 0 Å². The van der Waals surface area contributed by atoms with Crippen molar-refractivity contribution in [3.05, 3.63) is 78.6 Å². The van der Waals surface area contributed by atoms with Crippen molar-refractivity contribution in [1.82, 2.24) is 15.0 Å². The molecule has 23 heavy (non-hydrogen) atoms. The second-order valence-corrected chi connectivity index (χ2v) is 5.51. The maximum atomic E-state index is 4.75. The largest absolute Gasteiger partial charge is 0.256 e. The second kappa shape index (κ2) is 5.61. The van der Waals surface area contributed by atoms with Gasteiger partial charge >= 0.3 is 0 Å². The standard InChI is InChI=1S/C20H15N3/c1-14-5-2-6-15(13-14)20-16(7-3-12-22-20)17-9-10-18-19(23-17)8-4-11-21-18/h2-13H,1H3. The molecule has 110 valence electrons. The van der Waals surface area contributed by atoms with E-state index in [9.17, 15) is 0 Å². The van der Waals surface area contributed by atoms with Crippen LogP contribution in [0.15, 0.2) is 73.1 Å². The molecular formula is C20H15N3. The van der Waals surface area contributed by atoms with Crippen LogP contribution in [-0.2, 0) is 0 Å². The minimum absolute atomic E-state index is 0.893. The summed E-state index contributed by atoms with van der Waals surface area (Å²) in [4.78, 5) is 13.7. The molecule has 3 nitrogen and oxygen atoms in total. The third-order valence-electron chi connectivity index (χ3n) is 3.83. The van der Waals surface area contributed by atoms with Crippen molar-refractivity contribution in [2.45, 2.75) is 6.92 Å². The van der Waals surface area contributed by atoms with Crippen molar-refractivity contribution in [2.24, 2.45) is 0 Å². The maximum absolute atomic E-state index is 4.75. The molecule has 4 aromatic rings. The lowest BCUT2D eigenvalue weighted by atomic mass is 10.0. The molecule has 0 bridgehead atoms. The summed E-state index contributed by atoms with van der Waals surface area (Å²) in [5.41, 5.74) is 7.01. The zero-order valence-corrected chi connectivity index (χ0v) is 12.8. The lowest BCUT2D eigenvalue weighted by Crippen LogP contribution is -1.92. The number of benzene rings is 1. The fourth-order valence-electron chi connectivity index (χ4n) is 2.74. The van der Waals surface area contributed by atoms with Crippen LogP contribution in [0.2, 0.25) is 0 Å². The minimum atomic E-state index is 0.893. The number of aryl methyl sites for hydroxylation is 1. The van der Waals surface area contributed by atoms with Crippen LogP contribution in [0.3, 0.4) is 0 Å². The first-order valence-corrected chi connectivity index (χ1v) is 7.55. The van der Waals surface area contributed by atoms with Gasteiger partial charge in [-0.3, -0.25) is 9.97 Å². The number of rotatable bonds is 2. The Balaban J connectivity index is 1.91. The molecule has 1 aromatic carbocycles. The van der Waals surface area contributed by atoms with E-state index < -0.39 is 0 Å². The summed E-state index contributed by atoms with van der Waals surface area (Å²) in [6.07, 6.45) is 3.61. The Morgan fingerprint density at radius 1 is 0.739 bits per heavy atom. The van der Waals surface area contributed by atoms with Gasteiger partial charge in [0.25, 0.3) is 0 Å². The highest BCUT2D eigenvalue weighted by Gasteiger charge is 2.10. The van der Waals surface area contributed by atoms with Gasteiger partial charge in [-0.25, -0.2) is 4.98 Å². The molecule has 0 saturated carbocycles. The summed E-state index contributed by atoms with van der Waals surface area (Å²) in [6.45, 7) is 2.09. The fourth-order valence-corrected chi connectivity index (χ4v) is 2.74. The van der Waals surface area contributed by atoms with Gasteiger partial charge in [-0.15, -0.1) is 0 Å². The van der Waals surface area contributed by atoms with E-state index in [4.69, 9.17) is 4.98 Å². The molecule has 0 aliphatic heterocycles. The zero-order valence-electron chi connectivity index (χ0n) is 12.8. The topological polar surface area (TPSA) is 38.7 Å². The smallest absolute Gasteiger partial charge is 0.0894 e. The first kappa shape index (κ1) is 13.6. The van der Waals surface area contributed by atoms with Gasteiger partial charge in [0.1, 0.15) is 0 Å². The lowest BCUT2D eigenvalue weighted by molar-refractivity contribution is 1.29. The molecule has 0 fully saturated rings. The average Bonchev–Trinajstić information content (AvgIpc) is 2.61. The number of nitrogens with zero attached hydrogens (tertiary/aromatic N) is 3. The second-order valence-electron chi connectivity index (χ2n) is 5.51. The highest BCUT2D eigenvalue weighted by Crippen LogP contribution is 2.30. The SMILES string of the molecule is Cc1cccc(-c2ncccc2-c2ccc3ncccc3n2)c1. The van der Waals surface area contributed by atoms with Gasteiger partial charge in [0.15, 0.2) is 0 Å². The summed E-state index contributed by atoms with van der Waals surface area (Å²) in [7, 11) is 0.